The molecule has 0 bridgehead atoms. The van der Waals surface area contributed by atoms with Crippen molar-refractivity contribution < 1.29 is 5.11 Å². The first-order chi connectivity index (χ1) is 6.34. The van der Waals surface area contributed by atoms with Crippen LogP contribution < -0.4 is 0 Å². The zero-order chi connectivity index (χ0) is 9.10. The van der Waals surface area contributed by atoms with Crippen molar-refractivity contribution in [3.8, 4) is 0 Å². The minimum absolute atomic E-state index is 0.0336. The molecule has 1 fully saturated rings. The van der Waals surface area contributed by atoms with Gasteiger partial charge in [-0.15, -0.1) is 0 Å². The van der Waals surface area contributed by atoms with E-state index in [2.05, 4.69) is 24.3 Å². The lowest BCUT2D eigenvalue weighted by atomic mass is 9.98. The Labute approximate surface area is 79.4 Å². The fourth-order valence-corrected chi connectivity index (χ4v) is 2.18. The minimum Gasteiger partial charge on any atom is -0.393 e. The van der Waals surface area contributed by atoms with Crippen LogP contribution in [0.5, 0.6) is 0 Å². The number of hydrogen-bond acceptors (Lipinski definition) is 1. The van der Waals surface area contributed by atoms with Gasteiger partial charge in [0.05, 0.1) is 6.10 Å². The molecule has 0 saturated heterocycles. The van der Waals surface area contributed by atoms with Crippen LogP contribution in [-0.4, -0.2) is 11.2 Å². The van der Waals surface area contributed by atoms with E-state index < -0.39 is 0 Å². The first-order valence-electron chi connectivity index (χ1n) is 5.06. The van der Waals surface area contributed by atoms with Gasteiger partial charge >= 0.3 is 0 Å². The molecule has 0 heterocycles. The van der Waals surface area contributed by atoms with Gasteiger partial charge in [0.2, 0.25) is 0 Å². The summed E-state index contributed by atoms with van der Waals surface area (Å²) in [7, 11) is 0. The fourth-order valence-electron chi connectivity index (χ4n) is 2.18. The van der Waals surface area contributed by atoms with Gasteiger partial charge in [-0.2, -0.15) is 0 Å². The van der Waals surface area contributed by atoms with Crippen LogP contribution in [0.25, 0.3) is 0 Å². The van der Waals surface area contributed by atoms with Gasteiger partial charge in [0.1, 0.15) is 0 Å². The van der Waals surface area contributed by atoms with Gasteiger partial charge in [-0.1, -0.05) is 30.3 Å². The number of aliphatic hydroxyl groups excluding tert-OH is 1. The van der Waals surface area contributed by atoms with E-state index >= 15 is 0 Å². The molecule has 0 aliphatic heterocycles. The lowest BCUT2D eigenvalue weighted by molar-refractivity contribution is 0.177. The lowest BCUT2D eigenvalue weighted by Crippen LogP contribution is -2.02. The van der Waals surface area contributed by atoms with Crippen molar-refractivity contribution in [3.05, 3.63) is 35.9 Å². The Morgan fingerprint density at radius 2 is 1.92 bits per heavy atom. The molecule has 0 unspecified atom stereocenters. The maximum absolute atomic E-state index is 9.38. The van der Waals surface area contributed by atoms with E-state index in [1.807, 2.05) is 6.07 Å². The summed E-state index contributed by atoms with van der Waals surface area (Å²) >= 11 is 0. The Morgan fingerprint density at radius 3 is 2.54 bits per heavy atom. The first-order valence-corrected chi connectivity index (χ1v) is 5.06. The Morgan fingerprint density at radius 1 is 1.15 bits per heavy atom. The van der Waals surface area contributed by atoms with E-state index in [0.29, 0.717) is 5.92 Å². The second-order valence-electron chi connectivity index (χ2n) is 4.02. The molecule has 1 aromatic rings. The standard InChI is InChI=1S/C12H16O/c13-12-7-6-11(9-12)8-10-4-2-1-3-5-10/h1-5,11-13H,6-9H2/t11-,12-/m0/s1. The van der Waals surface area contributed by atoms with Gasteiger partial charge in [0, 0.05) is 0 Å². The molecule has 1 N–H and O–H groups in total. The minimum atomic E-state index is -0.0336. The molecule has 1 nitrogen and oxygen atoms in total. The van der Waals surface area contributed by atoms with Crippen molar-refractivity contribution >= 4 is 0 Å². The van der Waals surface area contributed by atoms with Crippen LogP contribution in [0.3, 0.4) is 0 Å². The van der Waals surface area contributed by atoms with E-state index in [1.165, 1.54) is 12.0 Å². The van der Waals surface area contributed by atoms with Crippen LogP contribution in [0.1, 0.15) is 24.8 Å². The molecular weight excluding hydrogens is 160 g/mol. The SMILES string of the molecule is O[C@H]1CC[C@@H](Cc2ccccc2)C1. The van der Waals surface area contributed by atoms with Crippen molar-refractivity contribution in [2.24, 2.45) is 5.92 Å². The maximum Gasteiger partial charge on any atom is 0.0543 e. The highest BCUT2D eigenvalue weighted by Crippen LogP contribution is 2.28. The topological polar surface area (TPSA) is 20.2 Å². The largest absolute Gasteiger partial charge is 0.393 e. The van der Waals surface area contributed by atoms with Gasteiger partial charge < -0.3 is 5.11 Å². The number of benzene rings is 1. The molecule has 70 valence electrons. The summed E-state index contributed by atoms with van der Waals surface area (Å²) in [5.41, 5.74) is 1.40. The van der Waals surface area contributed by atoms with Crippen LogP contribution in [-0.2, 0) is 6.42 Å². The Bertz CT molecular complexity index is 255. The summed E-state index contributed by atoms with van der Waals surface area (Å²) in [5, 5.41) is 9.38. The van der Waals surface area contributed by atoms with Crippen molar-refractivity contribution in [1.29, 1.82) is 0 Å². The van der Waals surface area contributed by atoms with Crippen molar-refractivity contribution in [3.63, 3.8) is 0 Å². The molecule has 1 aromatic carbocycles. The second kappa shape index (κ2) is 3.93. The summed E-state index contributed by atoms with van der Waals surface area (Å²) in [6, 6.07) is 10.6. The van der Waals surface area contributed by atoms with Crippen LogP contribution in [0, 0.1) is 5.92 Å². The molecule has 0 radical (unpaired) electrons. The van der Waals surface area contributed by atoms with Crippen molar-refractivity contribution in [2.45, 2.75) is 31.8 Å². The van der Waals surface area contributed by atoms with Gasteiger partial charge in [-0.05, 0) is 37.2 Å². The van der Waals surface area contributed by atoms with Crippen LogP contribution in [0.2, 0.25) is 0 Å². The fraction of sp³-hybridized carbons (Fsp3) is 0.500. The molecule has 1 heteroatoms. The summed E-state index contributed by atoms with van der Waals surface area (Å²) < 4.78 is 0. The molecule has 0 spiro atoms. The lowest BCUT2D eigenvalue weighted by Gasteiger charge is -2.08. The molecule has 1 aliphatic rings. The molecule has 1 aliphatic carbocycles. The van der Waals surface area contributed by atoms with Gasteiger partial charge in [-0.25, -0.2) is 0 Å². The molecule has 0 aromatic heterocycles. The van der Waals surface area contributed by atoms with E-state index in [4.69, 9.17) is 0 Å². The molecule has 1 saturated carbocycles. The van der Waals surface area contributed by atoms with Gasteiger partial charge in [0.25, 0.3) is 0 Å². The third-order valence-corrected chi connectivity index (χ3v) is 2.88. The monoisotopic (exact) mass is 176 g/mol. The van der Waals surface area contributed by atoms with Crippen molar-refractivity contribution in [1.82, 2.24) is 0 Å². The summed E-state index contributed by atoms with van der Waals surface area (Å²) in [4.78, 5) is 0. The average molecular weight is 176 g/mol. The zero-order valence-electron chi connectivity index (χ0n) is 7.82. The first kappa shape index (κ1) is 8.76. The Hall–Kier alpha value is -0.820. The summed E-state index contributed by atoms with van der Waals surface area (Å²) in [5.74, 6) is 0.706. The molecule has 13 heavy (non-hydrogen) atoms. The smallest absolute Gasteiger partial charge is 0.0543 e. The average Bonchev–Trinajstić information content (AvgIpc) is 2.53. The highest BCUT2D eigenvalue weighted by molar-refractivity contribution is 5.15. The van der Waals surface area contributed by atoms with E-state index in [9.17, 15) is 5.11 Å². The molecule has 2 atom stereocenters. The van der Waals surface area contributed by atoms with E-state index in [-0.39, 0.29) is 6.10 Å². The normalized spacial score (nSPS) is 27.8. The number of aliphatic hydroxyl groups is 1. The molecule has 0 amide bonds. The molecule has 2 rings (SSSR count). The number of hydrogen-bond donors (Lipinski definition) is 1. The quantitative estimate of drug-likeness (QED) is 0.733. The third-order valence-electron chi connectivity index (χ3n) is 2.88. The Balaban J connectivity index is 1.92. The van der Waals surface area contributed by atoms with Gasteiger partial charge in [-0.3, -0.25) is 0 Å². The van der Waals surface area contributed by atoms with Crippen molar-refractivity contribution in [2.75, 3.05) is 0 Å². The molecular formula is C12H16O. The predicted molar refractivity (Wildman–Crippen MR) is 53.5 cm³/mol. The van der Waals surface area contributed by atoms with E-state index in [0.717, 1.165) is 19.3 Å². The van der Waals surface area contributed by atoms with E-state index in [1.54, 1.807) is 0 Å². The maximum atomic E-state index is 9.38. The van der Waals surface area contributed by atoms with Gasteiger partial charge in [0.15, 0.2) is 0 Å². The van der Waals surface area contributed by atoms with Crippen LogP contribution >= 0.6 is 0 Å². The highest BCUT2D eigenvalue weighted by atomic mass is 16.3. The summed E-state index contributed by atoms with van der Waals surface area (Å²) in [6.07, 6.45) is 4.29. The third kappa shape index (κ3) is 2.31. The van der Waals surface area contributed by atoms with Crippen LogP contribution in [0.4, 0.5) is 0 Å². The number of rotatable bonds is 2. The Kier molecular flexibility index (Phi) is 2.65. The summed E-state index contributed by atoms with van der Waals surface area (Å²) in [6.45, 7) is 0. The zero-order valence-corrected chi connectivity index (χ0v) is 7.82. The predicted octanol–water partition coefficient (Wildman–Crippen LogP) is 2.39. The highest BCUT2D eigenvalue weighted by Gasteiger charge is 2.22. The second-order valence-corrected chi connectivity index (χ2v) is 4.02. The van der Waals surface area contributed by atoms with Crippen LogP contribution in [0.15, 0.2) is 30.3 Å².